The average Bonchev–Trinajstić information content (AvgIpc) is 2.58. The summed E-state index contributed by atoms with van der Waals surface area (Å²) in [7, 11) is 2.99. The number of amides is 1. The van der Waals surface area contributed by atoms with Crippen LogP contribution in [0.1, 0.15) is 23.2 Å². The molecule has 0 bridgehead atoms. The third kappa shape index (κ3) is 5.37. The predicted molar refractivity (Wildman–Crippen MR) is 98.2 cm³/mol. The van der Waals surface area contributed by atoms with Gasteiger partial charge in [-0.15, -0.1) is 0 Å². The van der Waals surface area contributed by atoms with E-state index in [0.717, 1.165) is 0 Å². The lowest BCUT2D eigenvalue weighted by Crippen LogP contribution is -2.14. The van der Waals surface area contributed by atoms with E-state index in [1.807, 2.05) is 0 Å². The fourth-order valence-electron chi connectivity index (χ4n) is 2.24. The highest BCUT2D eigenvalue weighted by Gasteiger charge is 2.15. The molecule has 0 saturated carbocycles. The van der Waals surface area contributed by atoms with Gasteiger partial charge in [-0.1, -0.05) is 23.2 Å². The molecule has 0 fully saturated rings. The minimum absolute atomic E-state index is 0.0172. The van der Waals surface area contributed by atoms with Crippen molar-refractivity contribution >= 4 is 40.6 Å². The summed E-state index contributed by atoms with van der Waals surface area (Å²) in [4.78, 5) is 24.4. The SMILES string of the molecule is COc1ccc(OC)c(C(=O)CCC(=O)Nc2cc(Cl)cc(Cl)c2)c1. The van der Waals surface area contributed by atoms with E-state index >= 15 is 0 Å². The Hall–Kier alpha value is -2.24. The van der Waals surface area contributed by atoms with Crippen LogP contribution in [0.3, 0.4) is 0 Å². The quantitative estimate of drug-likeness (QED) is 0.711. The molecule has 0 radical (unpaired) electrons. The Morgan fingerprint density at radius 2 is 1.64 bits per heavy atom. The number of benzene rings is 2. The molecular weight excluding hydrogens is 365 g/mol. The first-order valence-electron chi connectivity index (χ1n) is 7.44. The van der Waals surface area contributed by atoms with Crippen LogP contribution in [-0.4, -0.2) is 25.9 Å². The van der Waals surface area contributed by atoms with Crippen molar-refractivity contribution < 1.29 is 19.1 Å². The number of carbonyl (C=O) groups is 2. The molecule has 0 unspecified atom stereocenters. The number of hydrogen-bond donors (Lipinski definition) is 1. The van der Waals surface area contributed by atoms with Crippen LogP contribution < -0.4 is 14.8 Å². The van der Waals surface area contributed by atoms with Crippen molar-refractivity contribution in [2.75, 3.05) is 19.5 Å². The molecule has 2 aromatic rings. The number of ketones is 1. The van der Waals surface area contributed by atoms with Crippen molar-refractivity contribution in [3.8, 4) is 11.5 Å². The Bertz CT molecular complexity index is 772. The molecule has 0 saturated heterocycles. The van der Waals surface area contributed by atoms with Gasteiger partial charge in [0.1, 0.15) is 11.5 Å². The first-order valence-corrected chi connectivity index (χ1v) is 8.19. The lowest BCUT2D eigenvalue weighted by molar-refractivity contribution is -0.116. The second-order valence-corrected chi connectivity index (χ2v) is 6.07. The topological polar surface area (TPSA) is 64.6 Å². The molecule has 25 heavy (non-hydrogen) atoms. The minimum atomic E-state index is -0.312. The minimum Gasteiger partial charge on any atom is -0.497 e. The Labute approximate surface area is 155 Å². The highest BCUT2D eigenvalue weighted by molar-refractivity contribution is 6.35. The van der Waals surface area contributed by atoms with Crippen LogP contribution >= 0.6 is 23.2 Å². The van der Waals surface area contributed by atoms with Crippen molar-refractivity contribution in [2.45, 2.75) is 12.8 Å². The summed E-state index contributed by atoms with van der Waals surface area (Å²) in [5.41, 5.74) is 0.856. The number of Topliss-reactive ketones (excluding diaryl/α,β-unsaturated/α-hetero) is 1. The maximum Gasteiger partial charge on any atom is 0.224 e. The number of ether oxygens (including phenoxy) is 2. The molecule has 1 amide bonds. The Balaban J connectivity index is 2.00. The van der Waals surface area contributed by atoms with Crippen molar-refractivity contribution in [3.63, 3.8) is 0 Å². The fraction of sp³-hybridized carbons (Fsp3) is 0.222. The molecule has 0 aliphatic carbocycles. The maximum atomic E-state index is 12.4. The van der Waals surface area contributed by atoms with E-state index in [1.165, 1.54) is 14.2 Å². The summed E-state index contributed by atoms with van der Waals surface area (Å²) >= 11 is 11.8. The van der Waals surface area contributed by atoms with Crippen LogP contribution in [0.15, 0.2) is 36.4 Å². The Morgan fingerprint density at radius 1 is 0.960 bits per heavy atom. The normalized spacial score (nSPS) is 10.2. The first kappa shape index (κ1) is 19.1. The molecule has 132 valence electrons. The molecular formula is C18H17Cl2NO4. The van der Waals surface area contributed by atoms with Crippen LogP contribution in [0.2, 0.25) is 10.0 Å². The average molecular weight is 382 g/mol. The van der Waals surface area contributed by atoms with E-state index < -0.39 is 0 Å². The maximum absolute atomic E-state index is 12.4. The van der Waals surface area contributed by atoms with Gasteiger partial charge in [0, 0.05) is 28.6 Å². The summed E-state index contributed by atoms with van der Waals surface area (Å²) in [6.45, 7) is 0. The second kappa shape index (κ2) is 8.74. The lowest BCUT2D eigenvalue weighted by atomic mass is 10.0. The molecule has 0 aliphatic heterocycles. The zero-order valence-electron chi connectivity index (χ0n) is 13.8. The zero-order chi connectivity index (χ0) is 18.4. The number of nitrogens with one attached hydrogen (secondary N) is 1. The summed E-state index contributed by atoms with van der Waals surface area (Å²) < 4.78 is 10.3. The molecule has 0 aliphatic rings. The van der Waals surface area contributed by atoms with Gasteiger partial charge in [0.05, 0.1) is 19.8 Å². The van der Waals surface area contributed by atoms with E-state index in [0.29, 0.717) is 32.8 Å². The van der Waals surface area contributed by atoms with Gasteiger partial charge in [-0.05, 0) is 36.4 Å². The number of rotatable bonds is 7. The van der Waals surface area contributed by atoms with Crippen LogP contribution in [0, 0.1) is 0 Å². The van der Waals surface area contributed by atoms with Crippen LogP contribution in [0.25, 0.3) is 0 Å². The standard InChI is InChI=1S/C18H17Cl2NO4/c1-24-14-3-5-17(25-2)15(10-14)16(22)4-6-18(23)21-13-8-11(19)7-12(20)9-13/h3,5,7-10H,4,6H2,1-2H3,(H,21,23). The molecule has 5 nitrogen and oxygen atoms in total. The molecule has 0 aromatic heterocycles. The monoisotopic (exact) mass is 381 g/mol. The van der Waals surface area contributed by atoms with Gasteiger partial charge in [-0.25, -0.2) is 0 Å². The summed E-state index contributed by atoms with van der Waals surface area (Å²) in [5, 5.41) is 3.50. The Morgan fingerprint density at radius 3 is 2.24 bits per heavy atom. The molecule has 1 N–H and O–H groups in total. The predicted octanol–water partition coefficient (Wildman–Crippen LogP) is 4.61. The van der Waals surface area contributed by atoms with E-state index in [4.69, 9.17) is 32.7 Å². The smallest absolute Gasteiger partial charge is 0.224 e. The molecule has 0 atom stereocenters. The number of halogens is 2. The van der Waals surface area contributed by atoms with E-state index in [1.54, 1.807) is 36.4 Å². The highest BCUT2D eigenvalue weighted by Crippen LogP contribution is 2.26. The largest absolute Gasteiger partial charge is 0.497 e. The van der Waals surface area contributed by atoms with Gasteiger partial charge >= 0.3 is 0 Å². The fourth-order valence-corrected chi connectivity index (χ4v) is 2.77. The molecule has 0 spiro atoms. The van der Waals surface area contributed by atoms with E-state index in [-0.39, 0.29) is 24.5 Å². The van der Waals surface area contributed by atoms with Gasteiger partial charge in [0.2, 0.25) is 5.91 Å². The second-order valence-electron chi connectivity index (χ2n) is 5.20. The van der Waals surface area contributed by atoms with Gasteiger partial charge < -0.3 is 14.8 Å². The zero-order valence-corrected chi connectivity index (χ0v) is 15.3. The number of hydrogen-bond acceptors (Lipinski definition) is 4. The van der Waals surface area contributed by atoms with Gasteiger partial charge in [-0.2, -0.15) is 0 Å². The van der Waals surface area contributed by atoms with Gasteiger partial charge in [0.25, 0.3) is 0 Å². The third-order valence-corrected chi connectivity index (χ3v) is 3.87. The van der Waals surface area contributed by atoms with Gasteiger partial charge in [-0.3, -0.25) is 9.59 Å². The Kier molecular flexibility index (Phi) is 6.67. The summed E-state index contributed by atoms with van der Waals surface area (Å²) in [5.74, 6) is 0.457. The van der Waals surface area contributed by atoms with Gasteiger partial charge in [0.15, 0.2) is 5.78 Å². The van der Waals surface area contributed by atoms with Crippen LogP contribution in [-0.2, 0) is 4.79 Å². The molecule has 0 heterocycles. The van der Waals surface area contributed by atoms with E-state index in [2.05, 4.69) is 5.32 Å². The van der Waals surface area contributed by atoms with Crippen molar-refractivity contribution in [3.05, 3.63) is 52.0 Å². The van der Waals surface area contributed by atoms with Crippen molar-refractivity contribution in [1.82, 2.24) is 0 Å². The summed E-state index contributed by atoms with van der Waals surface area (Å²) in [6.07, 6.45) is 0.0486. The molecule has 2 rings (SSSR count). The van der Waals surface area contributed by atoms with Crippen LogP contribution in [0.5, 0.6) is 11.5 Å². The van der Waals surface area contributed by atoms with E-state index in [9.17, 15) is 9.59 Å². The third-order valence-electron chi connectivity index (χ3n) is 3.43. The molecule has 7 heteroatoms. The first-order chi connectivity index (χ1) is 11.9. The number of methoxy groups -OCH3 is 2. The van der Waals surface area contributed by atoms with Crippen molar-refractivity contribution in [2.24, 2.45) is 0 Å². The highest BCUT2D eigenvalue weighted by atomic mass is 35.5. The molecule has 2 aromatic carbocycles. The van der Waals surface area contributed by atoms with Crippen molar-refractivity contribution in [1.29, 1.82) is 0 Å². The van der Waals surface area contributed by atoms with Crippen LogP contribution in [0.4, 0.5) is 5.69 Å². The number of anilines is 1. The lowest BCUT2D eigenvalue weighted by Gasteiger charge is -2.10. The number of carbonyl (C=O) groups excluding carboxylic acids is 2. The summed E-state index contributed by atoms with van der Waals surface area (Å²) in [6, 6.07) is 9.68.